The van der Waals surface area contributed by atoms with Gasteiger partial charge in [-0.15, -0.1) is 0 Å². The fourth-order valence-corrected chi connectivity index (χ4v) is 3.44. The minimum atomic E-state index is -0.365. The maximum atomic E-state index is 12.1. The number of nitrogens with one attached hydrogen (secondary N) is 1. The van der Waals surface area contributed by atoms with E-state index in [1.165, 1.54) is 0 Å². The van der Waals surface area contributed by atoms with Gasteiger partial charge in [0.05, 0.1) is 6.10 Å². The van der Waals surface area contributed by atoms with Gasteiger partial charge in [-0.3, -0.25) is 4.79 Å². The van der Waals surface area contributed by atoms with Crippen LogP contribution in [0.3, 0.4) is 0 Å². The molecule has 0 heterocycles. The van der Waals surface area contributed by atoms with Crippen molar-refractivity contribution in [3.63, 3.8) is 0 Å². The molecule has 0 radical (unpaired) electrons. The summed E-state index contributed by atoms with van der Waals surface area (Å²) in [5, 5.41) is 12.9. The van der Waals surface area contributed by atoms with Gasteiger partial charge < -0.3 is 15.2 Å². The molecule has 2 atom stereocenters. The van der Waals surface area contributed by atoms with Crippen molar-refractivity contribution in [2.75, 3.05) is 5.32 Å². The Morgan fingerprint density at radius 2 is 1.64 bits per heavy atom. The number of ether oxygens (including phenoxy) is 1. The molecule has 0 aliphatic heterocycles. The Bertz CT molecular complexity index is 494. The second kappa shape index (κ2) is 7.14. The van der Waals surface area contributed by atoms with Crippen LogP contribution in [0.15, 0.2) is 24.3 Å². The highest BCUT2D eigenvalue weighted by Gasteiger charge is 2.25. The lowest BCUT2D eigenvalue weighted by molar-refractivity contribution is -0.119. The molecule has 0 spiro atoms. The highest BCUT2D eigenvalue weighted by Crippen LogP contribution is 2.27. The zero-order valence-electron chi connectivity index (χ0n) is 13.0. The van der Waals surface area contributed by atoms with E-state index in [2.05, 4.69) is 5.32 Å². The number of anilines is 1. The first-order valence-electron chi connectivity index (χ1n) is 8.48. The van der Waals surface area contributed by atoms with Gasteiger partial charge in [-0.2, -0.15) is 0 Å². The van der Waals surface area contributed by atoms with E-state index in [-0.39, 0.29) is 24.0 Å². The number of amides is 1. The Morgan fingerprint density at radius 3 is 2.32 bits per heavy atom. The SMILES string of the molecule is O=C(Nc1ccc(OC2CCCCC2O)cc1)C1CCCC1. The van der Waals surface area contributed by atoms with E-state index < -0.39 is 0 Å². The number of hydrogen-bond donors (Lipinski definition) is 2. The molecule has 4 nitrogen and oxygen atoms in total. The molecule has 2 saturated carbocycles. The summed E-state index contributed by atoms with van der Waals surface area (Å²) in [5.41, 5.74) is 0.813. The molecule has 3 rings (SSSR count). The van der Waals surface area contributed by atoms with E-state index in [9.17, 15) is 9.90 Å². The summed E-state index contributed by atoms with van der Waals surface area (Å²) in [7, 11) is 0. The van der Waals surface area contributed by atoms with Crippen LogP contribution in [-0.4, -0.2) is 23.2 Å². The van der Waals surface area contributed by atoms with Gasteiger partial charge in [-0.1, -0.05) is 19.3 Å². The van der Waals surface area contributed by atoms with E-state index >= 15 is 0 Å². The van der Waals surface area contributed by atoms with E-state index in [4.69, 9.17) is 4.74 Å². The van der Waals surface area contributed by atoms with Gasteiger partial charge in [-0.05, 0) is 56.4 Å². The molecule has 0 aromatic heterocycles. The molecular formula is C18H25NO3. The normalized spacial score (nSPS) is 25.9. The van der Waals surface area contributed by atoms with E-state index in [0.29, 0.717) is 0 Å². The molecule has 0 bridgehead atoms. The van der Waals surface area contributed by atoms with Gasteiger partial charge in [0.15, 0.2) is 0 Å². The molecule has 2 N–H and O–H groups in total. The quantitative estimate of drug-likeness (QED) is 0.895. The van der Waals surface area contributed by atoms with Gasteiger partial charge in [-0.25, -0.2) is 0 Å². The van der Waals surface area contributed by atoms with E-state index in [1.54, 1.807) is 0 Å². The summed E-state index contributed by atoms with van der Waals surface area (Å²) in [6, 6.07) is 7.48. The van der Waals surface area contributed by atoms with Crippen LogP contribution in [0.1, 0.15) is 51.4 Å². The third kappa shape index (κ3) is 3.80. The number of rotatable bonds is 4. The van der Waals surface area contributed by atoms with Crippen LogP contribution in [0.25, 0.3) is 0 Å². The average molecular weight is 303 g/mol. The molecule has 2 fully saturated rings. The lowest BCUT2D eigenvalue weighted by Gasteiger charge is -2.28. The lowest BCUT2D eigenvalue weighted by atomic mass is 9.95. The second-order valence-electron chi connectivity index (χ2n) is 6.50. The Labute approximate surface area is 131 Å². The zero-order chi connectivity index (χ0) is 15.4. The summed E-state index contributed by atoms with van der Waals surface area (Å²) in [6.45, 7) is 0. The average Bonchev–Trinajstić information content (AvgIpc) is 3.06. The molecule has 22 heavy (non-hydrogen) atoms. The molecule has 2 aliphatic carbocycles. The third-order valence-electron chi connectivity index (χ3n) is 4.80. The molecule has 1 aromatic rings. The fraction of sp³-hybridized carbons (Fsp3) is 0.611. The highest BCUT2D eigenvalue weighted by atomic mass is 16.5. The summed E-state index contributed by atoms with van der Waals surface area (Å²) in [4.78, 5) is 12.1. The molecule has 1 amide bonds. The minimum absolute atomic E-state index is 0.104. The van der Waals surface area contributed by atoms with Crippen molar-refractivity contribution < 1.29 is 14.6 Å². The fourth-order valence-electron chi connectivity index (χ4n) is 3.44. The topological polar surface area (TPSA) is 58.6 Å². The molecule has 2 unspecified atom stereocenters. The molecule has 120 valence electrons. The number of aliphatic hydroxyl groups excluding tert-OH is 1. The summed E-state index contributed by atoms with van der Waals surface area (Å²) < 4.78 is 5.86. The van der Waals surface area contributed by atoms with Crippen LogP contribution < -0.4 is 10.1 Å². The molecule has 4 heteroatoms. The number of carbonyl (C=O) groups is 1. The maximum Gasteiger partial charge on any atom is 0.227 e. The van der Waals surface area contributed by atoms with Gasteiger partial charge in [0.1, 0.15) is 11.9 Å². The van der Waals surface area contributed by atoms with Gasteiger partial charge in [0, 0.05) is 11.6 Å². The van der Waals surface area contributed by atoms with Crippen molar-refractivity contribution in [3.8, 4) is 5.75 Å². The van der Waals surface area contributed by atoms with Crippen LogP contribution in [0.5, 0.6) is 5.75 Å². The molecule has 1 aromatic carbocycles. The Kier molecular flexibility index (Phi) is 4.98. The first kappa shape index (κ1) is 15.3. The maximum absolute atomic E-state index is 12.1. The first-order valence-corrected chi connectivity index (χ1v) is 8.48. The summed E-state index contributed by atoms with van der Waals surface area (Å²) in [5.74, 6) is 1.06. The smallest absolute Gasteiger partial charge is 0.227 e. The second-order valence-corrected chi connectivity index (χ2v) is 6.50. The molecular weight excluding hydrogens is 278 g/mol. The number of carbonyl (C=O) groups excluding carboxylic acids is 1. The van der Waals surface area contributed by atoms with Crippen LogP contribution >= 0.6 is 0 Å². The Morgan fingerprint density at radius 1 is 1.00 bits per heavy atom. The number of benzene rings is 1. The minimum Gasteiger partial charge on any atom is -0.488 e. The highest BCUT2D eigenvalue weighted by molar-refractivity contribution is 5.92. The summed E-state index contributed by atoms with van der Waals surface area (Å²) >= 11 is 0. The van der Waals surface area contributed by atoms with Crippen molar-refractivity contribution in [3.05, 3.63) is 24.3 Å². The van der Waals surface area contributed by atoms with Crippen molar-refractivity contribution in [1.29, 1.82) is 0 Å². The molecule has 2 aliphatic rings. The van der Waals surface area contributed by atoms with Gasteiger partial charge in [0.25, 0.3) is 0 Å². The lowest BCUT2D eigenvalue weighted by Crippen LogP contribution is -2.34. The van der Waals surface area contributed by atoms with Crippen molar-refractivity contribution in [2.24, 2.45) is 5.92 Å². The van der Waals surface area contributed by atoms with Crippen LogP contribution in [0.4, 0.5) is 5.69 Å². The van der Waals surface area contributed by atoms with Crippen molar-refractivity contribution >= 4 is 11.6 Å². The predicted molar refractivity (Wildman–Crippen MR) is 85.9 cm³/mol. The molecule has 0 saturated heterocycles. The van der Waals surface area contributed by atoms with E-state index in [1.807, 2.05) is 24.3 Å². The summed E-state index contributed by atoms with van der Waals surface area (Å²) in [6.07, 6.45) is 7.78. The Balaban J connectivity index is 1.54. The predicted octanol–water partition coefficient (Wildman–Crippen LogP) is 3.50. The van der Waals surface area contributed by atoms with Crippen molar-refractivity contribution in [1.82, 2.24) is 0 Å². The number of aliphatic hydroxyl groups is 1. The van der Waals surface area contributed by atoms with E-state index in [0.717, 1.165) is 62.8 Å². The van der Waals surface area contributed by atoms with Crippen LogP contribution in [0.2, 0.25) is 0 Å². The Hall–Kier alpha value is -1.55. The monoisotopic (exact) mass is 303 g/mol. The largest absolute Gasteiger partial charge is 0.488 e. The van der Waals surface area contributed by atoms with Crippen molar-refractivity contribution in [2.45, 2.75) is 63.6 Å². The third-order valence-corrected chi connectivity index (χ3v) is 4.80. The zero-order valence-corrected chi connectivity index (χ0v) is 13.0. The standard InChI is InChI=1S/C18H25NO3/c20-16-7-3-4-8-17(16)22-15-11-9-14(10-12-15)19-18(21)13-5-1-2-6-13/h9-13,16-17,20H,1-8H2,(H,19,21). The van der Waals surface area contributed by atoms with Crippen LogP contribution in [-0.2, 0) is 4.79 Å². The van der Waals surface area contributed by atoms with Crippen LogP contribution in [0, 0.1) is 5.92 Å². The van der Waals surface area contributed by atoms with Gasteiger partial charge in [0.2, 0.25) is 5.91 Å². The number of hydrogen-bond acceptors (Lipinski definition) is 3. The van der Waals surface area contributed by atoms with Gasteiger partial charge >= 0.3 is 0 Å². The first-order chi connectivity index (χ1) is 10.7.